The molecule has 0 spiro atoms. The summed E-state index contributed by atoms with van der Waals surface area (Å²) in [5.74, 6) is -0.599. The lowest BCUT2D eigenvalue weighted by atomic mass is 10.1. The summed E-state index contributed by atoms with van der Waals surface area (Å²) in [5, 5.41) is 18.2. The third-order valence-electron chi connectivity index (χ3n) is 6.37. The standard InChI is InChI=1S/C15H27NO6.C11H20O5.C5H11NO2.C5H10O2/c1-14(2,3)20-12(17)16(11-7-9-19-10-8-11)22-13(18)21-15(4,5)6;1-10(2,3)15-8(12)7-14-9(13)16-11(4,5)6;7-6-5-1-3-8-4-2-5;6-5-1-3-7-4-2-5/h11H,7-10H2,1-6H3;7H2,1-6H3;5-7H,1-4H2;5-6H,1-4H2. The van der Waals surface area contributed by atoms with E-state index >= 15 is 0 Å². The van der Waals surface area contributed by atoms with Gasteiger partial charge < -0.3 is 48.2 Å². The monoisotopic (exact) mass is 768 g/mol. The molecule has 0 atom stereocenters. The zero-order valence-electron chi connectivity index (χ0n) is 34.1. The third kappa shape index (κ3) is 30.1. The maximum atomic E-state index is 12.3. The fraction of sp³-hybridized carbons (Fsp3) is 0.889. The number of ether oxygens (including phenoxy) is 8. The summed E-state index contributed by atoms with van der Waals surface area (Å²) in [6, 6.07) is -0.0140. The van der Waals surface area contributed by atoms with Crippen LogP contribution in [0.1, 0.15) is 122 Å². The molecule has 0 aromatic heterocycles. The normalized spacial score (nSPS) is 17.5. The van der Waals surface area contributed by atoms with Crippen molar-refractivity contribution in [3.63, 3.8) is 0 Å². The highest BCUT2D eigenvalue weighted by molar-refractivity contribution is 5.74. The summed E-state index contributed by atoms with van der Waals surface area (Å²) in [6.45, 7) is 24.3. The van der Waals surface area contributed by atoms with E-state index in [1.54, 1.807) is 83.1 Å². The van der Waals surface area contributed by atoms with Gasteiger partial charge in [-0.2, -0.15) is 0 Å². The molecule has 0 aromatic rings. The van der Waals surface area contributed by atoms with Crippen molar-refractivity contribution in [1.82, 2.24) is 10.5 Å². The number of aliphatic hydroxyl groups excluding tert-OH is 1. The van der Waals surface area contributed by atoms with E-state index in [4.69, 9.17) is 48.3 Å². The second-order valence-corrected chi connectivity index (χ2v) is 16.4. The molecule has 17 heteroatoms. The number of hydrogen-bond acceptors (Lipinski definition) is 16. The summed E-state index contributed by atoms with van der Waals surface area (Å²) in [5.41, 5.74) is -0.384. The quantitative estimate of drug-likeness (QED) is 0.174. The van der Waals surface area contributed by atoms with Crippen molar-refractivity contribution in [2.24, 2.45) is 0 Å². The molecule has 0 unspecified atom stereocenters. The average Bonchev–Trinajstić information content (AvgIpc) is 3.01. The Morgan fingerprint density at radius 3 is 1.36 bits per heavy atom. The van der Waals surface area contributed by atoms with Crippen LogP contribution in [0.2, 0.25) is 0 Å². The number of carbonyl (C=O) groups is 4. The van der Waals surface area contributed by atoms with E-state index in [9.17, 15) is 19.2 Å². The Kier molecular flexibility index (Phi) is 23.1. The Balaban J connectivity index is 0.000000751. The fourth-order valence-electron chi connectivity index (χ4n) is 4.12. The van der Waals surface area contributed by atoms with Gasteiger partial charge in [0.15, 0.2) is 6.61 Å². The smallest absolute Gasteiger partial charge is 0.457 e. The number of aliphatic hydroxyl groups is 1. The zero-order valence-corrected chi connectivity index (χ0v) is 34.1. The number of hydroxylamine groups is 3. The molecule has 3 aliphatic heterocycles. The van der Waals surface area contributed by atoms with Gasteiger partial charge in [0.25, 0.3) is 0 Å². The third-order valence-corrected chi connectivity index (χ3v) is 6.37. The van der Waals surface area contributed by atoms with Gasteiger partial charge >= 0.3 is 24.4 Å². The Hall–Kier alpha value is -2.96. The van der Waals surface area contributed by atoms with E-state index in [0.717, 1.165) is 57.2 Å². The van der Waals surface area contributed by atoms with E-state index < -0.39 is 53.4 Å². The first-order valence-corrected chi connectivity index (χ1v) is 18.1. The van der Waals surface area contributed by atoms with Gasteiger partial charge in [0.1, 0.15) is 22.4 Å². The fourth-order valence-corrected chi connectivity index (χ4v) is 4.12. The van der Waals surface area contributed by atoms with Crippen LogP contribution in [0, 0.1) is 0 Å². The number of rotatable bonds is 4. The summed E-state index contributed by atoms with van der Waals surface area (Å²) in [4.78, 5) is 51.5. The Morgan fingerprint density at radius 1 is 0.604 bits per heavy atom. The van der Waals surface area contributed by atoms with Crippen molar-refractivity contribution in [1.29, 1.82) is 0 Å². The highest BCUT2D eigenvalue weighted by atomic mass is 16.8. The molecular formula is C36H68N2O15. The van der Waals surface area contributed by atoms with Crippen molar-refractivity contribution in [2.75, 3.05) is 46.2 Å². The maximum Gasteiger partial charge on any atom is 0.534 e. The second kappa shape index (κ2) is 24.4. The summed E-state index contributed by atoms with van der Waals surface area (Å²) < 4.78 is 40.1. The van der Waals surface area contributed by atoms with E-state index in [0.29, 0.717) is 26.1 Å². The lowest BCUT2D eigenvalue weighted by Crippen LogP contribution is -2.47. The number of nitrogens with zero attached hydrogens (tertiary/aromatic N) is 1. The highest BCUT2D eigenvalue weighted by Gasteiger charge is 2.34. The Bertz CT molecular complexity index is 1020. The second-order valence-electron chi connectivity index (χ2n) is 16.4. The van der Waals surface area contributed by atoms with E-state index in [1.807, 2.05) is 0 Å². The van der Waals surface area contributed by atoms with Gasteiger partial charge in [-0.15, -0.1) is 5.06 Å². The highest BCUT2D eigenvalue weighted by Crippen LogP contribution is 2.20. The van der Waals surface area contributed by atoms with Gasteiger partial charge in [0.05, 0.1) is 12.1 Å². The van der Waals surface area contributed by atoms with Crippen LogP contribution < -0.4 is 5.48 Å². The number of esters is 1. The molecule has 3 saturated heterocycles. The SMILES string of the molecule is CC(C)(C)OC(=O)COC(=O)OC(C)(C)C.CC(C)(C)OC(=O)ON(C(=O)OC(C)(C)C)C1CCOCC1.OC1CCOCC1.ONC1CCOCC1. The lowest BCUT2D eigenvalue weighted by molar-refractivity contribution is -0.167. The molecular weight excluding hydrogens is 700 g/mol. The molecule has 0 bridgehead atoms. The van der Waals surface area contributed by atoms with Gasteiger partial charge in [-0.25, -0.2) is 24.7 Å². The minimum absolute atomic E-state index is 0.0891. The van der Waals surface area contributed by atoms with Crippen molar-refractivity contribution in [2.45, 2.75) is 162 Å². The number of carbonyl (C=O) groups excluding carboxylic acids is 4. The number of hydrogen-bond donors (Lipinski definition) is 3. The lowest BCUT2D eigenvalue weighted by Gasteiger charge is -2.33. The maximum absolute atomic E-state index is 12.3. The van der Waals surface area contributed by atoms with Crippen LogP contribution in [0.3, 0.4) is 0 Å². The van der Waals surface area contributed by atoms with Crippen LogP contribution in [0.4, 0.5) is 14.4 Å². The van der Waals surface area contributed by atoms with Crippen LogP contribution in [0.5, 0.6) is 0 Å². The van der Waals surface area contributed by atoms with Gasteiger partial charge in [-0.05, 0) is 122 Å². The number of amides is 1. The summed E-state index contributed by atoms with van der Waals surface area (Å²) in [7, 11) is 0. The number of nitrogens with one attached hydrogen (secondary N) is 1. The first kappa shape index (κ1) is 50.0. The van der Waals surface area contributed by atoms with Crippen molar-refractivity contribution < 1.29 is 72.2 Å². The van der Waals surface area contributed by atoms with Crippen LogP contribution in [0.25, 0.3) is 0 Å². The minimum Gasteiger partial charge on any atom is -0.457 e. The van der Waals surface area contributed by atoms with Crippen molar-refractivity contribution >= 4 is 24.4 Å². The van der Waals surface area contributed by atoms with Crippen LogP contribution in [-0.2, 0) is 47.5 Å². The van der Waals surface area contributed by atoms with E-state index in [2.05, 4.69) is 10.2 Å². The molecule has 3 fully saturated rings. The topological polar surface area (TPSA) is 207 Å². The molecule has 0 saturated carbocycles. The van der Waals surface area contributed by atoms with Crippen LogP contribution in [-0.4, -0.2) is 127 Å². The molecule has 3 aliphatic rings. The first-order chi connectivity index (χ1) is 24.3. The molecule has 17 nitrogen and oxygen atoms in total. The van der Waals surface area contributed by atoms with Crippen molar-refractivity contribution in [3.05, 3.63) is 0 Å². The van der Waals surface area contributed by atoms with Gasteiger partial charge in [-0.1, -0.05) is 0 Å². The molecule has 3 rings (SSSR count). The summed E-state index contributed by atoms with van der Waals surface area (Å²) >= 11 is 0. The molecule has 3 heterocycles. The molecule has 312 valence electrons. The predicted octanol–water partition coefficient (Wildman–Crippen LogP) is 5.85. The zero-order chi connectivity index (χ0) is 40.9. The van der Waals surface area contributed by atoms with E-state index in [-0.39, 0.29) is 18.2 Å². The Morgan fingerprint density at radius 2 is 1.00 bits per heavy atom. The molecule has 0 aliphatic carbocycles. The Labute approximate surface area is 315 Å². The summed E-state index contributed by atoms with van der Waals surface area (Å²) in [6.07, 6.45) is 2.04. The van der Waals surface area contributed by atoms with Gasteiger partial charge in [0, 0.05) is 45.7 Å². The largest absolute Gasteiger partial charge is 0.534 e. The molecule has 53 heavy (non-hydrogen) atoms. The van der Waals surface area contributed by atoms with Crippen LogP contribution >= 0.6 is 0 Å². The van der Waals surface area contributed by atoms with E-state index in [1.165, 1.54) is 0 Å². The predicted molar refractivity (Wildman–Crippen MR) is 192 cm³/mol. The molecule has 3 N–H and O–H groups in total. The first-order valence-electron chi connectivity index (χ1n) is 18.1. The molecule has 0 radical (unpaired) electrons. The molecule has 1 amide bonds. The molecule has 0 aromatic carbocycles. The van der Waals surface area contributed by atoms with Crippen LogP contribution in [0.15, 0.2) is 0 Å². The van der Waals surface area contributed by atoms with Crippen molar-refractivity contribution in [3.8, 4) is 0 Å². The van der Waals surface area contributed by atoms with Gasteiger partial charge in [-0.3, -0.25) is 4.84 Å². The minimum atomic E-state index is -0.926. The average molecular weight is 769 g/mol. The van der Waals surface area contributed by atoms with Gasteiger partial charge in [0.2, 0.25) is 0 Å².